The maximum atomic E-state index is 5.53. The first kappa shape index (κ1) is 45.0. The number of hydrogen-bond acceptors (Lipinski definition) is 5. The zero-order valence-corrected chi connectivity index (χ0v) is 43.4. The van der Waals surface area contributed by atoms with Gasteiger partial charge in [-0.3, -0.25) is 4.57 Å². The Morgan fingerprint density at radius 2 is 0.810 bits per heavy atom. The van der Waals surface area contributed by atoms with Crippen molar-refractivity contribution in [2.45, 2.75) is 0 Å². The molecular formula is C73H45N5S. The van der Waals surface area contributed by atoms with Crippen LogP contribution in [0.2, 0.25) is 0 Å². The first-order chi connectivity index (χ1) is 39.1. The number of nitrogens with zero attached hydrogens (tertiary/aromatic N) is 5. The molecule has 5 nitrogen and oxygen atoms in total. The van der Waals surface area contributed by atoms with E-state index in [-0.39, 0.29) is 0 Å². The van der Waals surface area contributed by atoms with E-state index in [1.165, 1.54) is 74.4 Å². The van der Waals surface area contributed by atoms with Gasteiger partial charge in [0.15, 0.2) is 11.6 Å². The Morgan fingerprint density at radius 3 is 1.52 bits per heavy atom. The second-order valence-corrected chi connectivity index (χ2v) is 21.4. The van der Waals surface area contributed by atoms with Gasteiger partial charge in [0, 0.05) is 54.4 Å². The Bertz CT molecular complexity index is 5070. The SMILES string of the molecule is c1ccc(-c2ccc(N(c3ccc4ccccc4c3)c3ccc4c(c3)c3ccc5c6cc7c8ccccc8c8ccccc8c7cc6sc5c3n4-c3nc(-c4ccccc4)nc(-c4cccc(-c5ccccc5)c4)n3)cc2)cc1. The monoisotopic (exact) mass is 1020 g/mol. The highest BCUT2D eigenvalue weighted by Crippen LogP contribution is 2.48. The van der Waals surface area contributed by atoms with Crippen LogP contribution in [0.1, 0.15) is 0 Å². The number of fused-ring (bicyclic) bond motifs is 14. The Hall–Kier alpha value is -10.3. The lowest BCUT2D eigenvalue weighted by molar-refractivity contribution is 0.955. The van der Waals surface area contributed by atoms with Crippen molar-refractivity contribution < 1.29 is 0 Å². The van der Waals surface area contributed by atoms with Crippen LogP contribution in [0.4, 0.5) is 17.1 Å². The van der Waals surface area contributed by atoms with E-state index >= 15 is 0 Å². The smallest absolute Gasteiger partial charge is 0.238 e. The third-order valence-corrected chi connectivity index (χ3v) is 17.0. The van der Waals surface area contributed by atoms with Crippen LogP contribution in [0.15, 0.2) is 273 Å². The van der Waals surface area contributed by atoms with Gasteiger partial charge < -0.3 is 4.90 Å². The predicted octanol–water partition coefficient (Wildman–Crippen LogP) is 20.1. The quantitative estimate of drug-likeness (QED) is 0.142. The van der Waals surface area contributed by atoms with E-state index in [9.17, 15) is 0 Å². The minimum Gasteiger partial charge on any atom is -0.310 e. The van der Waals surface area contributed by atoms with Crippen LogP contribution in [0, 0.1) is 0 Å². The Kier molecular flexibility index (Phi) is 10.4. The van der Waals surface area contributed by atoms with Crippen LogP contribution in [0.5, 0.6) is 0 Å². The Morgan fingerprint density at radius 1 is 0.291 bits per heavy atom. The summed E-state index contributed by atoms with van der Waals surface area (Å²) < 4.78 is 4.71. The van der Waals surface area contributed by atoms with Gasteiger partial charge in [-0.2, -0.15) is 9.97 Å². The van der Waals surface area contributed by atoms with Crippen LogP contribution in [-0.2, 0) is 0 Å². The van der Waals surface area contributed by atoms with E-state index in [2.05, 4.69) is 264 Å². The molecule has 0 saturated carbocycles. The minimum atomic E-state index is 0.553. The van der Waals surface area contributed by atoms with E-state index in [4.69, 9.17) is 15.0 Å². The molecule has 0 aliphatic carbocycles. The van der Waals surface area contributed by atoms with Crippen LogP contribution in [-0.4, -0.2) is 19.5 Å². The highest BCUT2D eigenvalue weighted by molar-refractivity contribution is 7.26. The molecule has 0 N–H and O–H groups in total. The van der Waals surface area contributed by atoms with Crippen molar-refractivity contribution in [2.24, 2.45) is 0 Å². The van der Waals surface area contributed by atoms with Gasteiger partial charge in [-0.25, -0.2) is 4.98 Å². The van der Waals surface area contributed by atoms with E-state index < -0.39 is 0 Å². The summed E-state index contributed by atoms with van der Waals surface area (Å²) in [5.41, 5.74) is 11.6. The van der Waals surface area contributed by atoms with Crippen molar-refractivity contribution >= 4 is 113 Å². The van der Waals surface area contributed by atoms with Gasteiger partial charge in [-0.15, -0.1) is 11.3 Å². The third kappa shape index (κ3) is 7.48. The lowest BCUT2D eigenvalue weighted by Crippen LogP contribution is -2.10. The minimum absolute atomic E-state index is 0.553. The molecule has 79 heavy (non-hydrogen) atoms. The molecule has 0 aliphatic rings. The fourth-order valence-corrected chi connectivity index (χ4v) is 13.3. The van der Waals surface area contributed by atoms with Gasteiger partial charge in [0.2, 0.25) is 5.95 Å². The van der Waals surface area contributed by atoms with Gasteiger partial charge in [-0.1, -0.05) is 212 Å². The van der Waals surface area contributed by atoms with Crippen LogP contribution < -0.4 is 4.90 Å². The second kappa shape index (κ2) is 18.2. The highest BCUT2D eigenvalue weighted by Gasteiger charge is 2.24. The molecule has 0 bridgehead atoms. The third-order valence-electron chi connectivity index (χ3n) is 15.8. The van der Waals surface area contributed by atoms with Crippen molar-refractivity contribution in [1.82, 2.24) is 19.5 Å². The molecule has 0 spiro atoms. The molecule has 16 aromatic rings. The molecule has 13 aromatic carbocycles. The molecule has 0 unspecified atom stereocenters. The number of thiophene rings is 1. The molecule has 0 fully saturated rings. The Balaban J connectivity index is 0.980. The first-order valence-corrected chi connectivity index (χ1v) is 27.6. The molecule has 16 rings (SSSR count). The summed E-state index contributed by atoms with van der Waals surface area (Å²) in [5, 5.41) is 14.6. The molecule has 0 atom stereocenters. The lowest BCUT2D eigenvalue weighted by atomic mass is 9.93. The molecule has 3 aromatic heterocycles. The molecule has 3 heterocycles. The first-order valence-electron chi connectivity index (χ1n) is 26.7. The summed E-state index contributed by atoms with van der Waals surface area (Å²) >= 11 is 1.85. The van der Waals surface area contributed by atoms with Crippen LogP contribution in [0.25, 0.3) is 136 Å². The molecule has 6 heteroatoms. The summed E-state index contributed by atoms with van der Waals surface area (Å²) in [6, 6.07) is 98.3. The average molecular weight is 1020 g/mol. The van der Waals surface area contributed by atoms with Crippen LogP contribution in [0.3, 0.4) is 0 Å². The van der Waals surface area contributed by atoms with E-state index in [0.717, 1.165) is 61.1 Å². The van der Waals surface area contributed by atoms with Gasteiger partial charge in [0.1, 0.15) is 0 Å². The number of aromatic nitrogens is 4. The van der Waals surface area contributed by atoms with E-state index in [1.54, 1.807) is 0 Å². The normalized spacial score (nSPS) is 11.8. The zero-order chi connectivity index (χ0) is 52.0. The maximum absolute atomic E-state index is 5.53. The topological polar surface area (TPSA) is 46.8 Å². The van der Waals surface area contributed by atoms with Gasteiger partial charge in [-0.05, 0) is 126 Å². The molecule has 0 aliphatic heterocycles. The van der Waals surface area contributed by atoms with Crippen LogP contribution >= 0.6 is 11.3 Å². The fourth-order valence-electron chi connectivity index (χ4n) is 12.0. The molecule has 0 amide bonds. The largest absolute Gasteiger partial charge is 0.310 e. The molecule has 368 valence electrons. The summed E-state index contributed by atoms with van der Waals surface area (Å²) in [4.78, 5) is 18.7. The fraction of sp³-hybridized carbons (Fsp3) is 0. The predicted molar refractivity (Wildman–Crippen MR) is 334 cm³/mol. The highest BCUT2D eigenvalue weighted by atomic mass is 32.1. The Labute approximate surface area is 459 Å². The van der Waals surface area contributed by atoms with E-state index in [1.807, 2.05) is 29.5 Å². The second-order valence-electron chi connectivity index (χ2n) is 20.3. The summed E-state index contributed by atoms with van der Waals surface area (Å²) in [6.07, 6.45) is 0. The number of benzene rings is 13. The molecule has 0 radical (unpaired) electrons. The molecular weight excluding hydrogens is 979 g/mol. The van der Waals surface area contributed by atoms with Crippen molar-refractivity contribution in [2.75, 3.05) is 4.90 Å². The van der Waals surface area contributed by atoms with Gasteiger partial charge in [0.25, 0.3) is 0 Å². The molecule has 0 saturated heterocycles. The number of hydrogen-bond donors (Lipinski definition) is 0. The lowest BCUT2D eigenvalue weighted by Gasteiger charge is -2.26. The van der Waals surface area contributed by atoms with Gasteiger partial charge in [0.05, 0.1) is 15.7 Å². The number of anilines is 3. The van der Waals surface area contributed by atoms with Gasteiger partial charge >= 0.3 is 0 Å². The van der Waals surface area contributed by atoms with Crippen molar-refractivity contribution in [1.29, 1.82) is 0 Å². The average Bonchev–Trinajstić information content (AvgIpc) is 4.30. The summed E-state index contributed by atoms with van der Waals surface area (Å²) in [6.45, 7) is 0. The van der Waals surface area contributed by atoms with Crippen molar-refractivity contribution in [3.8, 4) is 51.0 Å². The summed E-state index contributed by atoms with van der Waals surface area (Å²) in [5.74, 6) is 1.76. The summed E-state index contributed by atoms with van der Waals surface area (Å²) in [7, 11) is 0. The number of rotatable bonds is 8. The van der Waals surface area contributed by atoms with Crippen molar-refractivity contribution in [3.63, 3.8) is 0 Å². The van der Waals surface area contributed by atoms with Crippen molar-refractivity contribution in [3.05, 3.63) is 273 Å². The standard InChI is InChI=1S/C73H45N5S/c1-4-17-46(18-5-1)49-31-34-54(35-32-49)77(55-36-33-48-21-10-11-24-52(48)42-55)56-37-40-67-65(43-56)61-38-39-62-66-44-63-59-29-14-12-27-57(59)58-28-13-15-30-60(58)64(63)45-68(66)79-70(62)69(61)78(67)73-75-71(50-22-8-3-9-23-50)74-72(76-73)53-26-16-25-51(41-53)47-19-6-2-7-20-47/h1-45H. The maximum Gasteiger partial charge on any atom is 0.238 e. The van der Waals surface area contributed by atoms with E-state index in [0.29, 0.717) is 17.6 Å². The zero-order valence-electron chi connectivity index (χ0n) is 42.6.